The van der Waals surface area contributed by atoms with Gasteiger partial charge in [0.1, 0.15) is 5.82 Å². The van der Waals surface area contributed by atoms with Crippen molar-refractivity contribution in [3.63, 3.8) is 0 Å². The van der Waals surface area contributed by atoms with Crippen molar-refractivity contribution in [2.24, 2.45) is 4.99 Å². The quantitative estimate of drug-likeness (QED) is 0.480. The van der Waals surface area contributed by atoms with E-state index in [1.807, 2.05) is 12.1 Å². The van der Waals surface area contributed by atoms with E-state index in [1.54, 1.807) is 6.20 Å². The second-order valence-corrected chi connectivity index (χ2v) is 5.91. The molecule has 1 atom stereocenters. The van der Waals surface area contributed by atoms with Gasteiger partial charge in [-0.2, -0.15) is 0 Å². The van der Waals surface area contributed by atoms with E-state index in [1.165, 1.54) is 0 Å². The van der Waals surface area contributed by atoms with Crippen molar-refractivity contribution >= 4 is 23.4 Å². The van der Waals surface area contributed by atoms with Crippen LogP contribution in [0.1, 0.15) is 33.1 Å². The molecule has 0 saturated carbocycles. The molecule has 1 aliphatic rings. The van der Waals surface area contributed by atoms with E-state index in [0.29, 0.717) is 11.1 Å². The molecule has 0 amide bonds. The van der Waals surface area contributed by atoms with Gasteiger partial charge in [-0.05, 0) is 31.9 Å². The predicted octanol–water partition coefficient (Wildman–Crippen LogP) is 2.67. The number of hydrogen-bond acceptors (Lipinski definition) is 3. The maximum absolute atomic E-state index is 6.23. The molecule has 0 radical (unpaired) electrons. The third-order valence-corrected chi connectivity index (χ3v) is 3.99. The van der Waals surface area contributed by atoms with E-state index in [9.17, 15) is 0 Å². The average Bonchev–Trinajstić information content (AvgIpc) is 2.96. The van der Waals surface area contributed by atoms with Gasteiger partial charge in [-0.25, -0.2) is 4.98 Å². The highest BCUT2D eigenvalue weighted by molar-refractivity contribution is 6.32. The normalized spacial score (nSPS) is 18.6. The minimum Gasteiger partial charge on any atom is -0.357 e. The SMILES string of the molecule is CCCCN=C(NCC)NC1CCN(c2ncccc2Cl)C1. The Morgan fingerprint density at radius 1 is 1.50 bits per heavy atom. The minimum atomic E-state index is 0.373. The van der Waals surface area contributed by atoms with Gasteiger partial charge in [-0.3, -0.25) is 4.99 Å². The first-order chi connectivity index (χ1) is 10.7. The number of nitrogens with zero attached hydrogens (tertiary/aromatic N) is 3. The summed E-state index contributed by atoms with van der Waals surface area (Å²) in [5, 5.41) is 7.55. The van der Waals surface area contributed by atoms with Crippen molar-refractivity contribution in [3.05, 3.63) is 23.4 Å². The summed E-state index contributed by atoms with van der Waals surface area (Å²) in [5.74, 6) is 1.79. The van der Waals surface area contributed by atoms with Gasteiger partial charge < -0.3 is 15.5 Å². The number of rotatable bonds is 6. The lowest BCUT2D eigenvalue weighted by Crippen LogP contribution is -2.44. The van der Waals surface area contributed by atoms with Gasteiger partial charge in [0.05, 0.1) is 5.02 Å². The van der Waals surface area contributed by atoms with Crippen LogP contribution in [-0.2, 0) is 0 Å². The number of anilines is 1. The summed E-state index contributed by atoms with van der Waals surface area (Å²) >= 11 is 6.23. The van der Waals surface area contributed by atoms with Gasteiger partial charge in [0.15, 0.2) is 5.96 Å². The fourth-order valence-corrected chi connectivity index (χ4v) is 2.78. The number of aliphatic imine (C=N–C) groups is 1. The molecule has 5 nitrogen and oxygen atoms in total. The lowest BCUT2D eigenvalue weighted by atomic mass is 10.3. The maximum Gasteiger partial charge on any atom is 0.191 e. The van der Waals surface area contributed by atoms with E-state index in [2.05, 4.69) is 39.4 Å². The van der Waals surface area contributed by atoms with Crippen molar-refractivity contribution < 1.29 is 0 Å². The Morgan fingerprint density at radius 3 is 3.09 bits per heavy atom. The van der Waals surface area contributed by atoms with Crippen LogP contribution in [-0.4, -0.2) is 43.2 Å². The molecular weight excluding hydrogens is 298 g/mol. The molecule has 1 fully saturated rings. The second-order valence-electron chi connectivity index (χ2n) is 5.50. The van der Waals surface area contributed by atoms with Crippen LogP contribution in [0.4, 0.5) is 5.82 Å². The van der Waals surface area contributed by atoms with Crippen molar-refractivity contribution in [2.45, 2.75) is 39.2 Å². The number of unbranched alkanes of at least 4 members (excludes halogenated alkanes) is 1. The first-order valence-electron chi connectivity index (χ1n) is 8.14. The summed E-state index contributed by atoms with van der Waals surface area (Å²) in [6.45, 7) is 7.87. The second kappa shape index (κ2) is 8.83. The number of guanidine groups is 1. The fourth-order valence-electron chi connectivity index (χ4n) is 2.54. The molecule has 1 saturated heterocycles. The molecule has 22 heavy (non-hydrogen) atoms. The van der Waals surface area contributed by atoms with E-state index >= 15 is 0 Å². The van der Waals surface area contributed by atoms with Crippen LogP contribution >= 0.6 is 11.6 Å². The molecule has 1 aromatic rings. The molecule has 0 aromatic carbocycles. The Hall–Kier alpha value is -1.49. The van der Waals surface area contributed by atoms with E-state index < -0.39 is 0 Å². The number of halogens is 1. The van der Waals surface area contributed by atoms with E-state index in [0.717, 1.165) is 57.2 Å². The Kier molecular flexibility index (Phi) is 6.77. The van der Waals surface area contributed by atoms with Crippen LogP contribution < -0.4 is 15.5 Å². The lowest BCUT2D eigenvalue weighted by Gasteiger charge is -2.20. The number of aromatic nitrogens is 1. The average molecular weight is 324 g/mol. The molecule has 1 unspecified atom stereocenters. The highest BCUT2D eigenvalue weighted by atomic mass is 35.5. The minimum absolute atomic E-state index is 0.373. The molecule has 2 rings (SSSR count). The van der Waals surface area contributed by atoms with Crippen molar-refractivity contribution in [1.82, 2.24) is 15.6 Å². The summed E-state index contributed by atoms with van der Waals surface area (Å²) in [7, 11) is 0. The number of pyridine rings is 1. The van der Waals surface area contributed by atoms with Gasteiger partial charge in [0.2, 0.25) is 0 Å². The highest BCUT2D eigenvalue weighted by Crippen LogP contribution is 2.25. The first-order valence-corrected chi connectivity index (χ1v) is 8.52. The van der Waals surface area contributed by atoms with E-state index in [-0.39, 0.29) is 0 Å². The Bertz CT molecular complexity index is 491. The third kappa shape index (κ3) is 4.77. The van der Waals surface area contributed by atoms with Gasteiger partial charge in [0.25, 0.3) is 0 Å². The monoisotopic (exact) mass is 323 g/mol. The van der Waals surface area contributed by atoms with Crippen molar-refractivity contribution in [2.75, 3.05) is 31.1 Å². The molecule has 0 aliphatic carbocycles. The summed E-state index contributed by atoms with van der Waals surface area (Å²) in [4.78, 5) is 11.2. The molecule has 122 valence electrons. The Morgan fingerprint density at radius 2 is 2.36 bits per heavy atom. The summed E-state index contributed by atoms with van der Waals surface area (Å²) in [5.41, 5.74) is 0. The molecule has 0 spiro atoms. The first kappa shape index (κ1) is 16.9. The number of nitrogens with one attached hydrogen (secondary N) is 2. The zero-order valence-electron chi connectivity index (χ0n) is 13.5. The summed E-state index contributed by atoms with van der Waals surface area (Å²) in [6, 6.07) is 4.12. The zero-order chi connectivity index (χ0) is 15.8. The number of hydrogen-bond donors (Lipinski definition) is 2. The van der Waals surface area contributed by atoms with E-state index in [4.69, 9.17) is 11.6 Å². The molecule has 6 heteroatoms. The summed E-state index contributed by atoms with van der Waals surface area (Å²) in [6.07, 6.45) is 5.14. The van der Waals surface area contributed by atoms with Crippen LogP contribution in [0.3, 0.4) is 0 Å². The molecular formula is C16H26ClN5. The standard InChI is InChI=1S/C16H26ClN5/c1-3-5-9-20-16(18-4-2)21-13-8-11-22(12-13)15-14(17)7-6-10-19-15/h6-7,10,13H,3-5,8-9,11-12H2,1-2H3,(H2,18,20,21). The Balaban J connectivity index is 1.91. The largest absolute Gasteiger partial charge is 0.357 e. The fraction of sp³-hybridized carbons (Fsp3) is 0.625. The Labute approximate surface area is 138 Å². The maximum atomic E-state index is 6.23. The van der Waals surface area contributed by atoms with Crippen molar-refractivity contribution in [3.8, 4) is 0 Å². The molecule has 0 bridgehead atoms. The molecule has 1 aromatic heterocycles. The van der Waals surface area contributed by atoms with Crippen molar-refractivity contribution in [1.29, 1.82) is 0 Å². The molecule has 2 heterocycles. The lowest BCUT2D eigenvalue weighted by molar-refractivity contribution is 0.646. The van der Waals surface area contributed by atoms with Crippen LogP contribution in [0, 0.1) is 0 Å². The topological polar surface area (TPSA) is 52.6 Å². The van der Waals surface area contributed by atoms with Gasteiger partial charge in [-0.15, -0.1) is 0 Å². The predicted molar refractivity (Wildman–Crippen MR) is 93.9 cm³/mol. The highest BCUT2D eigenvalue weighted by Gasteiger charge is 2.25. The van der Waals surface area contributed by atoms with Crippen LogP contribution in [0.2, 0.25) is 5.02 Å². The third-order valence-electron chi connectivity index (χ3n) is 3.69. The van der Waals surface area contributed by atoms with Crippen LogP contribution in [0.5, 0.6) is 0 Å². The smallest absolute Gasteiger partial charge is 0.191 e. The van der Waals surface area contributed by atoms with Crippen LogP contribution in [0.15, 0.2) is 23.3 Å². The zero-order valence-corrected chi connectivity index (χ0v) is 14.2. The molecule has 2 N–H and O–H groups in total. The molecule has 1 aliphatic heterocycles. The van der Waals surface area contributed by atoms with Gasteiger partial charge in [-0.1, -0.05) is 24.9 Å². The van der Waals surface area contributed by atoms with Crippen LogP contribution in [0.25, 0.3) is 0 Å². The van der Waals surface area contributed by atoms with Gasteiger partial charge in [0, 0.05) is 38.4 Å². The summed E-state index contributed by atoms with van der Waals surface area (Å²) < 4.78 is 0. The van der Waals surface area contributed by atoms with Gasteiger partial charge >= 0.3 is 0 Å².